The van der Waals surface area contributed by atoms with Gasteiger partial charge in [-0.1, -0.05) is 6.92 Å². The van der Waals surface area contributed by atoms with E-state index < -0.39 is 0 Å². The number of carbonyl (C=O) groups excluding carboxylic acids is 1. The van der Waals surface area contributed by atoms with E-state index in [1.807, 2.05) is 6.92 Å². The van der Waals surface area contributed by atoms with Gasteiger partial charge in [0.05, 0.1) is 5.69 Å². The second-order valence-corrected chi connectivity index (χ2v) is 2.83. The van der Waals surface area contributed by atoms with Gasteiger partial charge < -0.3 is 10.7 Å². The van der Waals surface area contributed by atoms with Crippen LogP contribution in [0.1, 0.15) is 23.8 Å². The minimum atomic E-state index is -0.177. The first-order valence-corrected chi connectivity index (χ1v) is 4.48. The third-order valence-corrected chi connectivity index (χ3v) is 1.69. The zero-order valence-electron chi connectivity index (χ0n) is 8.08. The summed E-state index contributed by atoms with van der Waals surface area (Å²) < 4.78 is 0. The van der Waals surface area contributed by atoms with Gasteiger partial charge in [0.1, 0.15) is 5.69 Å². The van der Waals surface area contributed by atoms with Crippen LogP contribution < -0.4 is 16.6 Å². The lowest BCUT2D eigenvalue weighted by molar-refractivity contribution is 0.0949. The van der Waals surface area contributed by atoms with E-state index in [4.69, 9.17) is 5.84 Å². The summed E-state index contributed by atoms with van der Waals surface area (Å²) in [5, 5.41) is 2.73. The number of carbonyl (C=O) groups is 1. The molecule has 0 unspecified atom stereocenters. The first kappa shape index (κ1) is 10.5. The number of rotatable bonds is 4. The highest BCUT2D eigenvalue weighted by atomic mass is 16.1. The van der Waals surface area contributed by atoms with E-state index in [2.05, 4.69) is 15.7 Å². The number of nitrogens with zero attached hydrogens (tertiary/aromatic N) is 1. The normalized spacial score (nSPS) is 9.57. The molecule has 1 amide bonds. The molecule has 0 fully saturated rings. The van der Waals surface area contributed by atoms with Gasteiger partial charge in [0.25, 0.3) is 5.91 Å². The van der Waals surface area contributed by atoms with Gasteiger partial charge in [-0.3, -0.25) is 15.6 Å². The van der Waals surface area contributed by atoms with Crippen LogP contribution in [0.2, 0.25) is 0 Å². The zero-order chi connectivity index (χ0) is 10.4. The Morgan fingerprint density at radius 1 is 1.64 bits per heavy atom. The summed E-state index contributed by atoms with van der Waals surface area (Å²) in [6, 6.07) is 3.29. The molecule has 0 aliphatic carbocycles. The maximum Gasteiger partial charge on any atom is 0.269 e. The second-order valence-electron chi connectivity index (χ2n) is 2.83. The van der Waals surface area contributed by atoms with Crippen molar-refractivity contribution in [2.24, 2.45) is 5.84 Å². The number of nitrogens with one attached hydrogen (secondary N) is 2. The minimum absolute atomic E-state index is 0.177. The molecular formula is C9H14N4O. The third kappa shape index (κ3) is 2.70. The van der Waals surface area contributed by atoms with Crippen LogP contribution in [0.15, 0.2) is 18.3 Å². The van der Waals surface area contributed by atoms with E-state index >= 15 is 0 Å². The molecule has 1 aromatic heterocycles. The van der Waals surface area contributed by atoms with Crippen LogP contribution in [-0.4, -0.2) is 17.4 Å². The van der Waals surface area contributed by atoms with Crippen LogP contribution in [0.3, 0.4) is 0 Å². The SMILES string of the molecule is CCCNC(=O)c1cc(NN)ccn1. The Bertz CT molecular complexity index is 313. The molecule has 76 valence electrons. The fourth-order valence-corrected chi connectivity index (χ4v) is 0.974. The Morgan fingerprint density at radius 3 is 3.07 bits per heavy atom. The number of anilines is 1. The molecular weight excluding hydrogens is 180 g/mol. The van der Waals surface area contributed by atoms with E-state index in [1.165, 1.54) is 6.20 Å². The predicted octanol–water partition coefficient (Wildman–Crippen LogP) is 0.507. The number of pyridine rings is 1. The van der Waals surface area contributed by atoms with Crippen molar-refractivity contribution in [3.05, 3.63) is 24.0 Å². The summed E-state index contributed by atoms with van der Waals surface area (Å²) in [5.74, 6) is 5.03. The van der Waals surface area contributed by atoms with Crippen molar-refractivity contribution in [2.75, 3.05) is 12.0 Å². The van der Waals surface area contributed by atoms with Crippen molar-refractivity contribution in [2.45, 2.75) is 13.3 Å². The molecule has 1 rings (SSSR count). The fraction of sp³-hybridized carbons (Fsp3) is 0.333. The number of amides is 1. The Hall–Kier alpha value is -1.62. The first-order valence-electron chi connectivity index (χ1n) is 4.48. The van der Waals surface area contributed by atoms with Gasteiger partial charge in [-0.05, 0) is 18.6 Å². The largest absolute Gasteiger partial charge is 0.351 e. The molecule has 0 saturated carbocycles. The molecule has 0 aromatic carbocycles. The molecule has 0 atom stereocenters. The summed E-state index contributed by atoms with van der Waals surface area (Å²) >= 11 is 0. The molecule has 0 bridgehead atoms. The van der Waals surface area contributed by atoms with Crippen molar-refractivity contribution in [3.8, 4) is 0 Å². The third-order valence-electron chi connectivity index (χ3n) is 1.69. The fourth-order valence-electron chi connectivity index (χ4n) is 0.974. The van der Waals surface area contributed by atoms with Crippen molar-refractivity contribution in [1.29, 1.82) is 0 Å². The first-order chi connectivity index (χ1) is 6.77. The van der Waals surface area contributed by atoms with Gasteiger partial charge in [0, 0.05) is 12.7 Å². The molecule has 0 radical (unpaired) electrons. The highest BCUT2D eigenvalue weighted by molar-refractivity contribution is 5.93. The lowest BCUT2D eigenvalue weighted by atomic mass is 10.3. The van der Waals surface area contributed by atoms with Gasteiger partial charge in [-0.2, -0.15) is 0 Å². The van der Waals surface area contributed by atoms with Crippen molar-refractivity contribution in [3.63, 3.8) is 0 Å². The molecule has 4 N–H and O–H groups in total. The number of hydrogen-bond donors (Lipinski definition) is 3. The minimum Gasteiger partial charge on any atom is -0.351 e. The number of hydrogen-bond acceptors (Lipinski definition) is 4. The van der Waals surface area contributed by atoms with Gasteiger partial charge >= 0.3 is 0 Å². The molecule has 14 heavy (non-hydrogen) atoms. The quantitative estimate of drug-likeness (QED) is 0.482. The Kier molecular flexibility index (Phi) is 3.87. The second kappa shape index (κ2) is 5.18. The summed E-state index contributed by atoms with van der Waals surface area (Å²) in [6.07, 6.45) is 2.44. The van der Waals surface area contributed by atoms with Crippen molar-refractivity contribution >= 4 is 11.6 Å². The van der Waals surface area contributed by atoms with Gasteiger partial charge in [0.15, 0.2) is 0 Å². The van der Waals surface area contributed by atoms with E-state index in [0.29, 0.717) is 17.9 Å². The standard InChI is InChI=1S/C9H14N4O/c1-2-4-12-9(14)8-6-7(13-10)3-5-11-8/h3,5-6H,2,4,10H2,1H3,(H,11,13)(H,12,14). The van der Waals surface area contributed by atoms with E-state index in [0.717, 1.165) is 6.42 Å². The number of nitrogen functional groups attached to an aromatic ring is 1. The van der Waals surface area contributed by atoms with Crippen LogP contribution >= 0.6 is 0 Å². The van der Waals surface area contributed by atoms with Gasteiger partial charge in [0.2, 0.25) is 0 Å². The van der Waals surface area contributed by atoms with Crippen LogP contribution in [0, 0.1) is 0 Å². The molecule has 0 aliphatic rings. The Balaban J connectivity index is 2.69. The van der Waals surface area contributed by atoms with Gasteiger partial charge in [-0.25, -0.2) is 0 Å². The zero-order valence-corrected chi connectivity index (χ0v) is 8.08. The summed E-state index contributed by atoms with van der Waals surface area (Å²) in [6.45, 7) is 2.65. The van der Waals surface area contributed by atoms with Crippen LogP contribution in [0.25, 0.3) is 0 Å². The number of hydrazine groups is 1. The monoisotopic (exact) mass is 194 g/mol. The van der Waals surface area contributed by atoms with Crippen LogP contribution in [-0.2, 0) is 0 Å². The number of nitrogens with two attached hydrogens (primary N) is 1. The maximum atomic E-state index is 11.4. The average Bonchev–Trinajstić information content (AvgIpc) is 2.26. The molecule has 1 heterocycles. The molecule has 0 spiro atoms. The van der Waals surface area contributed by atoms with E-state index in [9.17, 15) is 4.79 Å². The maximum absolute atomic E-state index is 11.4. The topological polar surface area (TPSA) is 80.0 Å². The van der Waals surface area contributed by atoms with Crippen LogP contribution in [0.4, 0.5) is 5.69 Å². The number of aromatic nitrogens is 1. The van der Waals surface area contributed by atoms with E-state index in [1.54, 1.807) is 12.1 Å². The van der Waals surface area contributed by atoms with Crippen molar-refractivity contribution in [1.82, 2.24) is 10.3 Å². The highest BCUT2D eigenvalue weighted by Gasteiger charge is 2.05. The van der Waals surface area contributed by atoms with E-state index in [-0.39, 0.29) is 5.91 Å². The lowest BCUT2D eigenvalue weighted by Gasteiger charge is -2.04. The summed E-state index contributed by atoms with van der Waals surface area (Å²) in [4.78, 5) is 15.4. The smallest absolute Gasteiger partial charge is 0.269 e. The molecule has 5 nitrogen and oxygen atoms in total. The molecule has 5 heteroatoms. The van der Waals surface area contributed by atoms with Crippen molar-refractivity contribution < 1.29 is 4.79 Å². The summed E-state index contributed by atoms with van der Waals surface area (Å²) in [7, 11) is 0. The molecule has 1 aromatic rings. The highest BCUT2D eigenvalue weighted by Crippen LogP contribution is 2.05. The van der Waals surface area contributed by atoms with Crippen LogP contribution in [0.5, 0.6) is 0 Å². The summed E-state index contributed by atoms with van der Waals surface area (Å²) in [5.41, 5.74) is 3.50. The Morgan fingerprint density at radius 2 is 2.43 bits per heavy atom. The molecule has 0 aliphatic heterocycles. The lowest BCUT2D eigenvalue weighted by Crippen LogP contribution is -2.25. The average molecular weight is 194 g/mol. The Labute approximate surface area is 82.7 Å². The molecule has 0 saturated heterocycles. The predicted molar refractivity (Wildman–Crippen MR) is 54.7 cm³/mol. The van der Waals surface area contributed by atoms with Gasteiger partial charge in [-0.15, -0.1) is 0 Å².